The molecular formula is C30H36Br2N4O2Si. The van der Waals surface area contributed by atoms with Crippen LogP contribution in [0.4, 0.5) is 11.4 Å². The summed E-state index contributed by atoms with van der Waals surface area (Å²) in [5.41, 5.74) is 3.58. The number of aliphatic hydroxyl groups excluding tert-OH is 1. The van der Waals surface area contributed by atoms with Crippen molar-refractivity contribution >= 4 is 73.4 Å². The predicted molar refractivity (Wildman–Crippen MR) is 171 cm³/mol. The number of benzene rings is 2. The molecule has 0 aliphatic rings. The molecule has 1 N–H and O–H groups in total. The molecule has 0 unspecified atom stereocenters. The van der Waals surface area contributed by atoms with E-state index in [1.54, 1.807) is 0 Å². The Hall–Kier alpha value is -2.40. The van der Waals surface area contributed by atoms with Gasteiger partial charge >= 0.3 is 0 Å². The van der Waals surface area contributed by atoms with Crippen molar-refractivity contribution in [2.75, 3.05) is 13.2 Å². The fourth-order valence-corrected chi connectivity index (χ4v) is 6.23. The maximum absolute atomic E-state index is 8.82. The Labute approximate surface area is 249 Å². The Balaban J connectivity index is 0.000000230. The molecular weight excluding hydrogens is 636 g/mol. The standard InChI is InChI=1S/C18H25BrN2OSi.C12H11BrN2O/c1-18(2,3)23(5,6)22-11-7-10-21-13-16(19)15-12-14(20-4)8-9-17(15)21;1-14-9-3-4-12-10(7-9)11(13)8-15(12)5-2-6-16/h8-9,12-13H,7,10-11H2,1-3,5-6H3;3-4,7-8,16H,2,5-6H2. The lowest BCUT2D eigenvalue weighted by Crippen LogP contribution is -2.41. The van der Waals surface area contributed by atoms with Crippen molar-refractivity contribution in [1.82, 2.24) is 9.13 Å². The lowest BCUT2D eigenvalue weighted by Gasteiger charge is -2.36. The molecule has 206 valence electrons. The highest BCUT2D eigenvalue weighted by molar-refractivity contribution is 9.11. The van der Waals surface area contributed by atoms with Crippen LogP contribution in [0.2, 0.25) is 18.1 Å². The van der Waals surface area contributed by atoms with Crippen LogP contribution in [0.5, 0.6) is 0 Å². The topological polar surface area (TPSA) is 48.0 Å². The maximum Gasteiger partial charge on any atom is 0.191 e. The summed E-state index contributed by atoms with van der Waals surface area (Å²) in [5, 5.41) is 11.2. The number of aliphatic hydroxyl groups is 1. The minimum absolute atomic E-state index is 0.192. The fraction of sp³-hybridized carbons (Fsp3) is 0.400. The molecule has 6 nitrogen and oxygen atoms in total. The van der Waals surface area contributed by atoms with Gasteiger partial charge in [-0.15, -0.1) is 0 Å². The Kier molecular flexibility index (Phi) is 10.6. The highest BCUT2D eigenvalue weighted by Crippen LogP contribution is 2.37. The fourth-order valence-electron chi connectivity index (χ4n) is 4.01. The minimum atomic E-state index is -1.66. The monoisotopic (exact) mass is 670 g/mol. The summed E-state index contributed by atoms with van der Waals surface area (Å²) in [7, 11) is -1.66. The lowest BCUT2D eigenvalue weighted by atomic mass is 10.2. The summed E-state index contributed by atoms with van der Waals surface area (Å²) >= 11 is 7.09. The van der Waals surface area contributed by atoms with E-state index in [1.807, 2.05) is 42.6 Å². The Morgan fingerprint density at radius 3 is 1.72 bits per heavy atom. The number of hydrogen-bond donors (Lipinski definition) is 1. The highest BCUT2D eigenvalue weighted by Gasteiger charge is 2.36. The van der Waals surface area contributed by atoms with Gasteiger partial charge in [-0.2, -0.15) is 0 Å². The predicted octanol–water partition coefficient (Wildman–Crippen LogP) is 9.70. The van der Waals surface area contributed by atoms with Gasteiger partial charge in [0.15, 0.2) is 19.7 Å². The van der Waals surface area contributed by atoms with Gasteiger partial charge in [-0.05, 0) is 87.1 Å². The number of nitrogens with zero attached hydrogens (tertiary/aromatic N) is 4. The molecule has 0 radical (unpaired) electrons. The van der Waals surface area contributed by atoms with Gasteiger partial charge in [-0.25, -0.2) is 9.69 Å². The summed E-state index contributed by atoms with van der Waals surface area (Å²) in [6.07, 6.45) is 5.83. The number of rotatable bonds is 8. The zero-order chi connectivity index (χ0) is 28.8. The van der Waals surface area contributed by atoms with Crippen molar-refractivity contribution in [3.63, 3.8) is 0 Å². The largest absolute Gasteiger partial charge is 0.417 e. The molecule has 2 aromatic heterocycles. The molecule has 0 atom stereocenters. The van der Waals surface area contributed by atoms with Crippen molar-refractivity contribution in [2.24, 2.45) is 0 Å². The molecule has 0 saturated heterocycles. The van der Waals surface area contributed by atoms with Crippen LogP contribution in [0.3, 0.4) is 0 Å². The van der Waals surface area contributed by atoms with Crippen molar-refractivity contribution < 1.29 is 9.53 Å². The van der Waals surface area contributed by atoms with Crippen LogP contribution in [-0.4, -0.2) is 35.8 Å². The van der Waals surface area contributed by atoms with Crippen molar-refractivity contribution in [2.45, 2.75) is 64.8 Å². The summed E-state index contributed by atoms with van der Waals surface area (Å²) < 4.78 is 12.6. The third-order valence-electron chi connectivity index (χ3n) is 7.26. The van der Waals surface area contributed by atoms with E-state index in [1.165, 1.54) is 0 Å². The van der Waals surface area contributed by atoms with Crippen LogP contribution < -0.4 is 0 Å². The zero-order valence-electron chi connectivity index (χ0n) is 23.3. The first kappa shape index (κ1) is 31.1. The number of hydrogen-bond acceptors (Lipinski definition) is 2. The van der Waals surface area contributed by atoms with Crippen molar-refractivity contribution in [1.29, 1.82) is 0 Å². The molecule has 0 saturated carbocycles. The average Bonchev–Trinajstić information content (AvgIpc) is 3.39. The van der Waals surface area contributed by atoms with Crippen LogP contribution >= 0.6 is 31.9 Å². The van der Waals surface area contributed by atoms with E-state index in [9.17, 15) is 0 Å². The molecule has 4 rings (SSSR count). The second-order valence-corrected chi connectivity index (χ2v) is 17.5. The van der Waals surface area contributed by atoms with Crippen LogP contribution in [0.15, 0.2) is 57.7 Å². The van der Waals surface area contributed by atoms with Crippen molar-refractivity contribution in [3.8, 4) is 0 Å². The summed E-state index contributed by atoms with van der Waals surface area (Å²) in [5.74, 6) is 0. The molecule has 2 aromatic carbocycles. The van der Waals surface area contributed by atoms with Gasteiger partial charge < -0.3 is 18.7 Å². The van der Waals surface area contributed by atoms with E-state index in [0.29, 0.717) is 11.4 Å². The molecule has 2 heterocycles. The zero-order valence-corrected chi connectivity index (χ0v) is 27.4. The van der Waals surface area contributed by atoms with E-state index >= 15 is 0 Å². The number of aromatic nitrogens is 2. The van der Waals surface area contributed by atoms with Gasteiger partial charge in [0, 0.05) is 69.4 Å². The summed E-state index contributed by atoms with van der Waals surface area (Å²) in [4.78, 5) is 6.91. The SMILES string of the molecule is [C-]#[N+]c1ccc2c(c1)c(Br)cn2CCCO.[C-]#[N+]c1ccc2c(c1)c(Br)cn2CCCO[Si](C)(C)C(C)(C)C. The van der Waals surface area contributed by atoms with Gasteiger partial charge in [-0.1, -0.05) is 32.9 Å². The first-order valence-electron chi connectivity index (χ1n) is 13.0. The summed E-state index contributed by atoms with van der Waals surface area (Å²) in [6.45, 7) is 28.2. The van der Waals surface area contributed by atoms with E-state index in [2.05, 4.69) is 90.7 Å². The van der Waals surface area contributed by atoms with Gasteiger partial charge in [0.25, 0.3) is 0 Å². The van der Waals surface area contributed by atoms with E-state index in [0.717, 1.165) is 63.3 Å². The number of aryl methyl sites for hydroxylation is 2. The highest BCUT2D eigenvalue weighted by atomic mass is 79.9. The molecule has 39 heavy (non-hydrogen) atoms. The third kappa shape index (κ3) is 7.62. The third-order valence-corrected chi connectivity index (χ3v) is 13.1. The van der Waals surface area contributed by atoms with Gasteiger partial charge in [0.05, 0.1) is 13.1 Å². The first-order chi connectivity index (χ1) is 18.4. The quantitative estimate of drug-likeness (QED) is 0.115. The normalized spacial score (nSPS) is 11.7. The number of halogens is 2. The van der Waals surface area contributed by atoms with Crippen LogP contribution in [0.1, 0.15) is 33.6 Å². The lowest BCUT2D eigenvalue weighted by molar-refractivity contribution is 0.275. The molecule has 0 amide bonds. The molecule has 4 aromatic rings. The van der Waals surface area contributed by atoms with E-state index in [4.69, 9.17) is 22.7 Å². The Morgan fingerprint density at radius 2 is 1.31 bits per heavy atom. The van der Waals surface area contributed by atoms with Crippen LogP contribution in [0.25, 0.3) is 31.5 Å². The second kappa shape index (κ2) is 13.3. The smallest absolute Gasteiger partial charge is 0.191 e. The summed E-state index contributed by atoms with van der Waals surface area (Å²) in [6, 6.07) is 11.5. The van der Waals surface area contributed by atoms with Gasteiger partial charge in [0.2, 0.25) is 0 Å². The number of fused-ring (bicyclic) bond motifs is 2. The molecule has 9 heteroatoms. The molecule has 0 spiro atoms. The van der Waals surface area contributed by atoms with Gasteiger partial charge in [-0.3, -0.25) is 0 Å². The molecule has 0 fully saturated rings. The molecule has 0 aliphatic carbocycles. The minimum Gasteiger partial charge on any atom is -0.417 e. The van der Waals surface area contributed by atoms with Crippen LogP contribution in [0, 0.1) is 13.1 Å². The van der Waals surface area contributed by atoms with E-state index < -0.39 is 8.32 Å². The first-order valence-corrected chi connectivity index (χ1v) is 17.5. The van der Waals surface area contributed by atoms with Crippen LogP contribution in [-0.2, 0) is 17.5 Å². The van der Waals surface area contributed by atoms with Crippen molar-refractivity contribution in [3.05, 3.63) is 80.6 Å². The van der Waals surface area contributed by atoms with Gasteiger partial charge in [0.1, 0.15) is 0 Å². The Bertz CT molecular complexity index is 1520. The molecule has 0 bridgehead atoms. The molecule has 0 aliphatic heterocycles. The average molecular weight is 673 g/mol. The Morgan fingerprint density at radius 1 is 0.846 bits per heavy atom. The second-order valence-electron chi connectivity index (χ2n) is 11.0. The maximum atomic E-state index is 8.82. The van der Waals surface area contributed by atoms with E-state index in [-0.39, 0.29) is 11.6 Å².